The Balaban J connectivity index is 2.50. The highest BCUT2D eigenvalue weighted by Gasteiger charge is 2.40. The Hall–Kier alpha value is -0.610. The number of likely N-dealkylation sites (tertiary alicyclic amines) is 1. The van der Waals surface area contributed by atoms with Crippen molar-refractivity contribution in [2.24, 2.45) is 11.3 Å². The van der Waals surface area contributed by atoms with Gasteiger partial charge in [-0.25, -0.2) is 0 Å². The van der Waals surface area contributed by atoms with Crippen LogP contribution in [0.15, 0.2) is 0 Å². The number of nitrogens with zero attached hydrogens (tertiary/aromatic N) is 1. The number of carbonyl (C=O) groups is 1. The van der Waals surface area contributed by atoms with Gasteiger partial charge in [-0.2, -0.15) is 0 Å². The first kappa shape index (κ1) is 14.5. The normalized spacial score (nSPS) is 22.3. The van der Waals surface area contributed by atoms with Crippen LogP contribution in [0.5, 0.6) is 0 Å². The number of hydrogen-bond acceptors (Lipinski definition) is 3. The summed E-state index contributed by atoms with van der Waals surface area (Å²) >= 11 is 0. The molecule has 0 bridgehead atoms. The summed E-state index contributed by atoms with van der Waals surface area (Å²) < 4.78 is 0. The van der Waals surface area contributed by atoms with Crippen molar-refractivity contribution >= 4 is 5.97 Å². The van der Waals surface area contributed by atoms with Gasteiger partial charge in [0.25, 0.3) is 0 Å². The SMILES string of the molecule is CCCC1(C(=O)O)CCN(CC(C)CO)CC1. The number of carboxylic acid groups (broad SMARTS) is 1. The van der Waals surface area contributed by atoms with Crippen molar-refractivity contribution in [3.8, 4) is 0 Å². The number of hydrogen-bond donors (Lipinski definition) is 2. The summed E-state index contributed by atoms with van der Waals surface area (Å²) in [5.74, 6) is -0.354. The van der Waals surface area contributed by atoms with Crippen LogP contribution in [0.25, 0.3) is 0 Å². The third-order valence-electron chi connectivity index (χ3n) is 3.88. The molecule has 0 radical (unpaired) electrons. The van der Waals surface area contributed by atoms with Gasteiger partial charge >= 0.3 is 5.97 Å². The molecule has 100 valence electrons. The quantitative estimate of drug-likeness (QED) is 0.743. The standard InChI is InChI=1S/C13H25NO3/c1-3-4-13(12(16)17)5-7-14(8-6-13)9-11(2)10-15/h11,15H,3-10H2,1-2H3,(H,16,17). The molecule has 17 heavy (non-hydrogen) atoms. The smallest absolute Gasteiger partial charge is 0.309 e. The first-order chi connectivity index (χ1) is 8.04. The van der Waals surface area contributed by atoms with Gasteiger partial charge in [-0.05, 0) is 38.3 Å². The Morgan fingerprint density at radius 2 is 2.00 bits per heavy atom. The zero-order chi connectivity index (χ0) is 12.9. The molecule has 1 rings (SSSR count). The molecule has 1 aliphatic heterocycles. The molecule has 1 unspecified atom stereocenters. The van der Waals surface area contributed by atoms with Crippen molar-refractivity contribution in [2.75, 3.05) is 26.2 Å². The first-order valence-electron chi connectivity index (χ1n) is 6.60. The summed E-state index contributed by atoms with van der Waals surface area (Å²) in [7, 11) is 0. The molecule has 0 aromatic rings. The Morgan fingerprint density at radius 3 is 2.41 bits per heavy atom. The van der Waals surface area contributed by atoms with E-state index in [-0.39, 0.29) is 12.5 Å². The molecule has 0 aliphatic carbocycles. The van der Waals surface area contributed by atoms with E-state index in [2.05, 4.69) is 4.90 Å². The third kappa shape index (κ3) is 3.68. The number of rotatable bonds is 6. The zero-order valence-corrected chi connectivity index (χ0v) is 11.0. The number of aliphatic carboxylic acids is 1. The minimum atomic E-state index is -0.630. The summed E-state index contributed by atoms with van der Waals surface area (Å²) in [4.78, 5) is 13.7. The van der Waals surface area contributed by atoms with E-state index in [0.717, 1.165) is 45.3 Å². The Kier molecular flexibility index (Phi) is 5.40. The number of piperidine rings is 1. The minimum absolute atomic E-state index is 0.204. The lowest BCUT2D eigenvalue weighted by atomic mass is 9.75. The zero-order valence-electron chi connectivity index (χ0n) is 11.0. The van der Waals surface area contributed by atoms with Crippen LogP contribution in [0, 0.1) is 11.3 Å². The fourth-order valence-corrected chi connectivity index (χ4v) is 2.71. The molecule has 4 nitrogen and oxygen atoms in total. The largest absolute Gasteiger partial charge is 0.481 e. The fourth-order valence-electron chi connectivity index (χ4n) is 2.71. The molecule has 0 aromatic carbocycles. The highest BCUT2D eigenvalue weighted by molar-refractivity contribution is 5.74. The minimum Gasteiger partial charge on any atom is -0.481 e. The molecule has 1 atom stereocenters. The highest BCUT2D eigenvalue weighted by atomic mass is 16.4. The molecule has 0 spiro atoms. The van der Waals surface area contributed by atoms with Crippen LogP contribution in [0.3, 0.4) is 0 Å². The van der Waals surface area contributed by atoms with Gasteiger partial charge in [0.15, 0.2) is 0 Å². The van der Waals surface area contributed by atoms with E-state index < -0.39 is 11.4 Å². The van der Waals surface area contributed by atoms with Crippen LogP contribution in [0.4, 0.5) is 0 Å². The number of aliphatic hydroxyl groups is 1. The maximum atomic E-state index is 11.4. The number of aliphatic hydroxyl groups excluding tert-OH is 1. The third-order valence-corrected chi connectivity index (χ3v) is 3.88. The van der Waals surface area contributed by atoms with Crippen molar-refractivity contribution in [1.29, 1.82) is 0 Å². The van der Waals surface area contributed by atoms with Crippen molar-refractivity contribution in [3.05, 3.63) is 0 Å². The molecule has 1 saturated heterocycles. The van der Waals surface area contributed by atoms with Crippen LogP contribution in [0.2, 0.25) is 0 Å². The monoisotopic (exact) mass is 243 g/mol. The average Bonchev–Trinajstić information content (AvgIpc) is 2.31. The van der Waals surface area contributed by atoms with Crippen molar-refractivity contribution < 1.29 is 15.0 Å². The molecule has 1 aliphatic rings. The molecular weight excluding hydrogens is 218 g/mol. The van der Waals surface area contributed by atoms with Gasteiger partial charge in [-0.15, -0.1) is 0 Å². The van der Waals surface area contributed by atoms with Crippen LogP contribution >= 0.6 is 0 Å². The maximum Gasteiger partial charge on any atom is 0.309 e. The first-order valence-corrected chi connectivity index (χ1v) is 6.60. The summed E-state index contributed by atoms with van der Waals surface area (Å²) in [6.07, 6.45) is 3.20. The van der Waals surface area contributed by atoms with Crippen molar-refractivity contribution in [2.45, 2.75) is 39.5 Å². The molecule has 1 fully saturated rings. The predicted molar refractivity (Wildman–Crippen MR) is 66.9 cm³/mol. The lowest BCUT2D eigenvalue weighted by Gasteiger charge is -2.39. The van der Waals surface area contributed by atoms with Gasteiger partial charge in [0, 0.05) is 13.2 Å². The van der Waals surface area contributed by atoms with Gasteiger partial charge in [0.1, 0.15) is 0 Å². The number of carboxylic acids is 1. The summed E-state index contributed by atoms with van der Waals surface area (Å²) in [5, 5.41) is 18.4. The van der Waals surface area contributed by atoms with Crippen LogP contribution in [-0.2, 0) is 4.79 Å². The van der Waals surface area contributed by atoms with Crippen LogP contribution in [-0.4, -0.2) is 47.3 Å². The van der Waals surface area contributed by atoms with E-state index in [1.165, 1.54) is 0 Å². The van der Waals surface area contributed by atoms with E-state index in [4.69, 9.17) is 5.11 Å². The molecule has 1 heterocycles. The van der Waals surface area contributed by atoms with E-state index in [1.807, 2.05) is 13.8 Å². The van der Waals surface area contributed by atoms with Crippen molar-refractivity contribution in [3.63, 3.8) is 0 Å². The van der Waals surface area contributed by atoms with E-state index in [9.17, 15) is 9.90 Å². The topological polar surface area (TPSA) is 60.8 Å². The molecule has 0 saturated carbocycles. The van der Waals surface area contributed by atoms with Gasteiger partial charge < -0.3 is 15.1 Å². The lowest BCUT2D eigenvalue weighted by molar-refractivity contribution is -0.152. The van der Waals surface area contributed by atoms with E-state index in [0.29, 0.717) is 0 Å². The van der Waals surface area contributed by atoms with Crippen LogP contribution in [0.1, 0.15) is 39.5 Å². The van der Waals surface area contributed by atoms with E-state index in [1.54, 1.807) is 0 Å². The maximum absolute atomic E-state index is 11.4. The molecule has 4 heteroatoms. The predicted octanol–water partition coefficient (Wildman–Crippen LogP) is 1.58. The summed E-state index contributed by atoms with van der Waals surface area (Å²) in [6.45, 7) is 6.83. The summed E-state index contributed by atoms with van der Waals surface area (Å²) in [5.41, 5.74) is -0.492. The molecule has 0 amide bonds. The fraction of sp³-hybridized carbons (Fsp3) is 0.923. The second-order valence-corrected chi connectivity index (χ2v) is 5.42. The second kappa shape index (κ2) is 6.36. The lowest BCUT2D eigenvalue weighted by Crippen LogP contribution is -2.45. The Bertz CT molecular complexity index is 247. The van der Waals surface area contributed by atoms with Crippen LogP contribution < -0.4 is 0 Å². The van der Waals surface area contributed by atoms with Gasteiger partial charge in [-0.1, -0.05) is 20.3 Å². The molecular formula is C13H25NO3. The Morgan fingerprint density at radius 1 is 1.41 bits per heavy atom. The van der Waals surface area contributed by atoms with E-state index >= 15 is 0 Å². The second-order valence-electron chi connectivity index (χ2n) is 5.42. The van der Waals surface area contributed by atoms with Gasteiger partial charge in [0.2, 0.25) is 0 Å². The Labute approximate surface area is 104 Å². The average molecular weight is 243 g/mol. The summed E-state index contributed by atoms with van der Waals surface area (Å²) in [6, 6.07) is 0. The van der Waals surface area contributed by atoms with Gasteiger partial charge in [-0.3, -0.25) is 4.79 Å². The van der Waals surface area contributed by atoms with Gasteiger partial charge in [0.05, 0.1) is 5.41 Å². The van der Waals surface area contributed by atoms with Crippen molar-refractivity contribution in [1.82, 2.24) is 4.90 Å². The molecule has 0 aromatic heterocycles. The highest BCUT2D eigenvalue weighted by Crippen LogP contribution is 2.36. The molecule has 2 N–H and O–H groups in total.